The fourth-order valence-corrected chi connectivity index (χ4v) is 1.98. The van der Waals surface area contributed by atoms with Crippen LogP contribution in [0, 0.1) is 0 Å². The van der Waals surface area contributed by atoms with Gasteiger partial charge in [0.15, 0.2) is 0 Å². The Labute approximate surface area is 89.4 Å². The number of likely N-dealkylation sites (tertiary alicyclic amines) is 1. The van der Waals surface area contributed by atoms with Crippen molar-refractivity contribution in [1.82, 2.24) is 9.88 Å². The first-order valence-corrected chi connectivity index (χ1v) is 5.12. The van der Waals surface area contributed by atoms with Crippen molar-refractivity contribution >= 4 is 5.91 Å². The Morgan fingerprint density at radius 1 is 1.67 bits per heavy atom. The quantitative estimate of drug-likeness (QED) is 0.682. The molecule has 1 amide bonds. The monoisotopic (exact) mass is 202 g/mol. The summed E-state index contributed by atoms with van der Waals surface area (Å²) in [7, 11) is 0. The molecule has 1 aromatic heterocycles. The fraction of sp³-hybridized carbons (Fsp3) is 0.333. The molecule has 1 saturated heterocycles. The molecule has 1 unspecified atom stereocenters. The van der Waals surface area contributed by atoms with Crippen molar-refractivity contribution < 1.29 is 4.79 Å². The molecule has 0 aliphatic carbocycles. The van der Waals surface area contributed by atoms with Crippen LogP contribution in [0.5, 0.6) is 0 Å². The van der Waals surface area contributed by atoms with Gasteiger partial charge in [0.1, 0.15) is 0 Å². The van der Waals surface area contributed by atoms with Gasteiger partial charge in [-0.25, -0.2) is 0 Å². The number of carbonyl (C=O) groups is 1. The number of hydrogen-bond acceptors (Lipinski definition) is 2. The number of aromatic nitrogens is 1. The average molecular weight is 202 g/mol. The van der Waals surface area contributed by atoms with Crippen molar-refractivity contribution in [3.63, 3.8) is 0 Å². The van der Waals surface area contributed by atoms with E-state index in [1.165, 1.54) is 11.6 Å². The summed E-state index contributed by atoms with van der Waals surface area (Å²) in [5.41, 5.74) is 1.22. The Balaban J connectivity index is 2.05. The predicted molar refractivity (Wildman–Crippen MR) is 58.4 cm³/mol. The number of rotatable bonds is 2. The standard InChI is InChI=1S/C12H14N2O/c1-2-12(15)14-7-5-11(9-14)10-4-3-6-13-8-10/h2-4,6,8,11H,1,5,7,9H2. The van der Waals surface area contributed by atoms with Crippen molar-refractivity contribution in [2.24, 2.45) is 0 Å². The third-order valence-electron chi connectivity index (χ3n) is 2.83. The summed E-state index contributed by atoms with van der Waals surface area (Å²) in [6.45, 7) is 5.11. The molecular weight excluding hydrogens is 188 g/mol. The van der Waals surface area contributed by atoms with Gasteiger partial charge in [0.05, 0.1) is 0 Å². The van der Waals surface area contributed by atoms with Crippen LogP contribution in [0.25, 0.3) is 0 Å². The van der Waals surface area contributed by atoms with Gasteiger partial charge in [-0.15, -0.1) is 0 Å². The second-order valence-electron chi connectivity index (χ2n) is 3.76. The van der Waals surface area contributed by atoms with E-state index in [-0.39, 0.29) is 5.91 Å². The maximum atomic E-state index is 11.4. The molecule has 1 aliphatic rings. The summed E-state index contributed by atoms with van der Waals surface area (Å²) in [4.78, 5) is 17.3. The molecule has 15 heavy (non-hydrogen) atoms. The molecule has 1 fully saturated rings. The largest absolute Gasteiger partial charge is 0.339 e. The molecule has 1 atom stereocenters. The van der Waals surface area contributed by atoms with Crippen molar-refractivity contribution in [3.8, 4) is 0 Å². The van der Waals surface area contributed by atoms with Crippen LogP contribution in [0.4, 0.5) is 0 Å². The molecular formula is C12H14N2O. The fourth-order valence-electron chi connectivity index (χ4n) is 1.98. The van der Waals surface area contributed by atoms with Gasteiger partial charge in [-0.2, -0.15) is 0 Å². The number of hydrogen-bond donors (Lipinski definition) is 0. The van der Waals surface area contributed by atoms with E-state index in [0.29, 0.717) is 5.92 Å². The van der Waals surface area contributed by atoms with Crippen molar-refractivity contribution in [1.29, 1.82) is 0 Å². The van der Waals surface area contributed by atoms with E-state index in [0.717, 1.165) is 19.5 Å². The lowest BCUT2D eigenvalue weighted by molar-refractivity contribution is -0.125. The highest BCUT2D eigenvalue weighted by Gasteiger charge is 2.25. The topological polar surface area (TPSA) is 33.2 Å². The highest BCUT2D eigenvalue weighted by atomic mass is 16.2. The van der Waals surface area contributed by atoms with Gasteiger partial charge in [-0.05, 0) is 24.1 Å². The zero-order valence-corrected chi connectivity index (χ0v) is 8.60. The Morgan fingerprint density at radius 3 is 3.20 bits per heavy atom. The molecule has 78 valence electrons. The van der Waals surface area contributed by atoms with E-state index < -0.39 is 0 Å². The van der Waals surface area contributed by atoms with Gasteiger partial charge in [0, 0.05) is 31.4 Å². The van der Waals surface area contributed by atoms with E-state index in [4.69, 9.17) is 0 Å². The van der Waals surface area contributed by atoms with Crippen LogP contribution >= 0.6 is 0 Å². The first-order valence-electron chi connectivity index (χ1n) is 5.12. The number of nitrogens with zero attached hydrogens (tertiary/aromatic N) is 2. The summed E-state index contributed by atoms with van der Waals surface area (Å²) in [5, 5.41) is 0. The van der Waals surface area contributed by atoms with Crippen molar-refractivity contribution in [3.05, 3.63) is 42.7 Å². The number of amides is 1. The minimum atomic E-state index is 0.0291. The maximum absolute atomic E-state index is 11.4. The van der Waals surface area contributed by atoms with Crippen molar-refractivity contribution in [2.75, 3.05) is 13.1 Å². The van der Waals surface area contributed by atoms with Crippen LogP contribution in [0.1, 0.15) is 17.9 Å². The van der Waals surface area contributed by atoms with Crippen LogP contribution in [-0.4, -0.2) is 28.9 Å². The van der Waals surface area contributed by atoms with Crippen molar-refractivity contribution in [2.45, 2.75) is 12.3 Å². The number of carbonyl (C=O) groups excluding carboxylic acids is 1. The Morgan fingerprint density at radius 2 is 2.53 bits per heavy atom. The third kappa shape index (κ3) is 2.06. The molecule has 0 spiro atoms. The summed E-state index contributed by atoms with van der Waals surface area (Å²) >= 11 is 0. The van der Waals surface area contributed by atoms with Gasteiger partial charge < -0.3 is 4.90 Å². The molecule has 3 heteroatoms. The highest BCUT2D eigenvalue weighted by Crippen LogP contribution is 2.26. The summed E-state index contributed by atoms with van der Waals surface area (Å²) in [5.74, 6) is 0.462. The highest BCUT2D eigenvalue weighted by molar-refractivity contribution is 5.87. The Bertz CT molecular complexity index is 361. The molecule has 0 bridgehead atoms. The summed E-state index contributed by atoms with van der Waals surface area (Å²) < 4.78 is 0. The summed E-state index contributed by atoms with van der Waals surface area (Å²) in [6.07, 6.45) is 6.05. The summed E-state index contributed by atoms with van der Waals surface area (Å²) in [6, 6.07) is 4.01. The zero-order chi connectivity index (χ0) is 10.7. The smallest absolute Gasteiger partial charge is 0.245 e. The van der Waals surface area contributed by atoms with E-state index in [1.807, 2.05) is 17.2 Å². The van der Waals surface area contributed by atoms with E-state index in [1.54, 1.807) is 6.20 Å². The SMILES string of the molecule is C=CC(=O)N1CCC(c2cccnc2)C1. The average Bonchev–Trinajstić information content (AvgIpc) is 2.78. The molecule has 3 nitrogen and oxygen atoms in total. The van der Waals surface area contributed by atoms with E-state index in [9.17, 15) is 4.79 Å². The molecule has 1 aromatic rings. The lowest BCUT2D eigenvalue weighted by Gasteiger charge is -2.13. The minimum absolute atomic E-state index is 0.0291. The van der Waals surface area contributed by atoms with Gasteiger partial charge in [0.2, 0.25) is 5.91 Å². The molecule has 0 N–H and O–H groups in total. The van der Waals surface area contributed by atoms with Crippen LogP contribution in [0.15, 0.2) is 37.2 Å². The van der Waals surface area contributed by atoms with Gasteiger partial charge in [-0.3, -0.25) is 9.78 Å². The Hall–Kier alpha value is -1.64. The van der Waals surface area contributed by atoms with Gasteiger partial charge >= 0.3 is 0 Å². The first-order chi connectivity index (χ1) is 7.31. The Kier molecular flexibility index (Phi) is 2.81. The first kappa shape index (κ1) is 9.90. The van der Waals surface area contributed by atoms with E-state index in [2.05, 4.69) is 17.6 Å². The van der Waals surface area contributed by atoms with E-state index >= 15 is 0 Å². The molecule has 0 aromatic carbocycles. The predicted octanol–water partition coefficient (Wildman–Crippen LogP) is 1.58. The molecule has 2 heterocycles. The van der Waals surface area contributed by atoms with Gasteiger partial charge in [0.25, 0.3) is 0 Å². The second kappa shape index (κ2) is 4.26. The van der Waals surface area contributed by atoms with Crippen LogP contribution in [0.2, 0.25) is 0 Å². The molecule has 0 radical (unpaired) electrons. The molecule has 1 aliphatic heterocycles. The van der Waals surface area contributed by atoms with Crippen LogP contribution in [-0.2, 0) is 4.79 Å². The second-order valence-corrected chi connectivity index (χ2v) is 3.76. The molecule has 2 rings (SSSR count). The van der Waals surface area contributed by atoms with Crippen LogP contribution < -0.4 is 0 Å². The zero-order valence-electron chi connectivity index (χ0n) is 8.60. The normalized spacial score (nSPS) is 20.3. The minimum Gasteiger partial charge on any atom is -0.339 e. The third-order valence-corrected chi connectivity index (χ3v) is 2.83. The maximum Gasteiger partial charge on any atom is 0.245 e. The lowest BCUT2D eigenvalue weighted by Crippen LogP contribution is -2.26. The molecule has 0 saturated carbocycles. The number of pyridine rings is 1. The van der Waals surface area contributed by atoms with Gasteiger partial charge in [-0.1, -0.05) is 12.6 Å². The van der Waals surface area contributed by atoms with Crippen LogP contribution in [0.3, 0.4) is 0 Å². The lowest BCUT2D eigenvalue weighted by atomic mass is 10.0.